The fourth-order valence-electron chi connectivity index (χ4n) is 3.41. The molecule has 1 amide bonds. The molecule has 0 saturated heterocycles. The van der Waals surface area contributed by atoms with Gasteiger partial charge in [0.25, 0.3) is 0 Å². The molecule has 118 valence electrons. The molecule has 2 N–H and O–H groups in total. The van der Waals surface area contributed by atoms with Crippen molar-refractivity contribution in [2.75, 3.05) is 33.7 Å². The van der Waals surface area contributed by atoms with E-state index in [9.17, 15) is 4.79 Å². The molecule has 1 saturated carbocycles. The molecular formula is C16H33N3O. The van der Waals surface area contributed by atoms with Crippen molar-refractivity contribution in [3.8, 4) is 0 Å². The molecule has 0 spiro atoms. The first-order valence-electron chi connectivity index (χ1n) is 8.21. The fraction of sp³-hybridized carbons (Fsp3) is 0.938. The van der Waals surface area contributed by atoms with Crippen LogP contribution in [0.4, 0.5) is 0 Å². The molecule has 4 heteroatoms. The molecule has 1 aliphatic rings. The zero-order chi connectivity index (χ0) is 15.0. The lowest BCUT2D eigenvalue weighted by atomic mass is 9.87. The van der Waals surface area contributed by atoms with Crippen LogP contribution in [0.15, 0.2) is 0 Å². The van der Waals surface area contributed by atoms with E-state index in [0.29, 0.717) is 6.42 Å². The molecule has 4 nitrogen and oxygen atoms in total. The lowest BCUT2D eigenvalue weighted by molar-refractivity contribution is -0.128. The molecule has 1 rings (SSSR count). The topological polar surface area (TPSA) is 49.6 Å². The number of carbonyl (C=O) groups excluding carboxylic acids is 1. The van der Waals surface area contributed by atoms with Crippen LogP contribution in [-0.2, 0) is 4.79 Å². The van der Waals surface area contributed by atoms with Gasteiger partial charge in [-0.25, -0.2) is 0 Å². The molecule has 0 heterocycles. The summed E-state index contributed by atoms with van der Waals surface area (Å²) in [4.78, 5) is 15.9. The lowest BCUT2D eigenvalue weighted by Gasteiger charge is -2.43. The van der Waals surface area contributed by atoms with Gasteiger partial charge < -0.3 is 10.6 Å². The summed E-state index contributed by atoms with van der Waals surface area (Å²) in [6.45, 7) is 5.00. The van der Waals surface area contributed by atoms with Crippen LogP contribution in [0.2, 0.25) is 0 Å². The Bertz CT molecular complexity index is 283. The van der Waals surface area contributed by atoms with Gasteiger partial charge >= 0.3 is 0 Å². The molecule has 0 radical (unpaired) electrons. The Kier molecular flexibility index (Phi) is 7.52. The molecule has 20 heavy (non-hydrogen) atoms. The van der Waals surface area contributed by atoms with E-state index in [2.05, 4.69) is 11.8 Å². The van der Waals surface area contributed by atoms with Gasteiger partial charge in [-0.15, -0.1) is 0 Å². The number of hydrogen-bond donors (Lipinski definition) is 1. The number of nitrogens with two attached hydrogens (primary N) is 1. The fourth-order valence-corrected chi connectivity index (χ4v) is 3.41. The summed E-state index contributed by atoms with van der Waals surface area (Å²) in [7, 11) is 3.65. The first-order valence-corrected chi connectivity index (χ1v) is 8.21. The number of likely N-dealkylation sites (N-methyl/N-ethyl adjacent to an activating group) is 1. The lowest BCUT2D eigenvalue weighted by Crippen LogP contribution is -2.54. The summed E-state index contributed by atoms with van der Waals surface area (Å²) in [5.41, 5.74) is 6.33. The Balaban J connectivity index is 2.55. The Morgan fingerprint density at radius 3 is 2.20 bits per heavy atom. The van der Waals surface area contributed by atoms with Crippen molar-refractivity contribution in [2.24, 2.45) is 5.73 Å². The number of rotatable bonds is 7. The second-order valence-electron chi connectivity index (χ2n) is 6.31. The van der Waals surface area contributed by atoms with Crippen molar-refractivity contribution in [1.29, 1.82) is 0 Å². The third kappa shape index (κ3) is 4.74. The quantitative estimate of drug-likeness (QED) is 0.729. The third-order valence-electron chi connectivity index (χ3n) is 4.78. The van der Waals surface area contributed by atoms with Gasteiger partial charge in [-0.1, -0.05) is 32.6 Å². The van der Waals surface area contributed by atoms with Crippen LogP contribution in [0.25, 0.3) is 0 Å². The average Bonchev–Trinajstić information content (AvgIpc) is 2.69. The van der Waals surface area contributed by atoms with Crippen LogP contribution in [-0.4, -0.2) is 55.0 Å². The van der Waals surface area contributed by atoms with Gasteiger partial charge in [-0.2, -0.15) is 0 Å². The van der Waals surface area contributed by atoms with E-state index in [0.717, 1.165) is 26.1 Å². The summed E-state index contributed by atoms with van der Waals surface area (Å²) in [5.74, 6) is 0.226. The Morgan fingerprint density at radius 2 is 1.75 bits per heavy atom. The molecule has 1 fully saturated rings. The molecule has 0 aromatic rings. The molecule has 0 bridgehead atoms. The Morgan fingerprint density at radius 1 is 1.15 bits per heavy atom. The Labute approximate surface area is 124 Å². The van der Waals surface area contributed by atoms with Gasteiger partial charge in [0.1, 0.15) is 0 Å². The van der Waals surface area contributed by atoms with Crippen LogP contribution in [0.5, 0.6) is 0 Å². The van der Waals surface area contributed by atoms with E-state index in [-0.39, 0.29) is 11.4 Å². The van der Waals surface area contributed by atoms with Gasteiger partial charge in [0, 0.05) is 32.6 Å². The largest absolute Gasteiger partial charge is 0.349 e. The van der Waals surface area contributed by atoms with Crippen molar-refractivity contribution in [2.45, 2.75) is 63.8 Å². The van der Waals surface area contributed by atoms with Crippen LogP contribution in [0.1, 0.15) is 58.3 Å². The maximum absolute atomic E-state index is 11.7. The molecule has 0 aliphatic heterocycles. The van der Waals surface area contributed by atoms with E-state index in [1.807, 2.05) is 14.1 Å². The van der Waals surface area contributed by atoms with Gasteiger partial charge in [0.2, 0.25) is 5.91 Å². The molecule has 0 aromatic heterocycles. The van der Waals surface area contributed by atoms with E-state index in [4.69, 9.17) is 5.73 Å². The number of nitrogens with zero attached hydrogens (tertiary/aromatic N) is 2. The highest BCUT2D eigenvalue weighted by Gasteiger charge is 2.34. The van der Waals surface area contributed by atoms with Crippen molar-refractivity contribution in [3.63, 3.8) is 0 Å². The van der Waals surface area contributed by atoms with Crippen LogP contribution in [0, 0.1) is 0 Å². The standard InChI is InChI=1S/C16H33N3O/c1-4-19(13-9-10-15(20)18(2)3)16(14-17)11-7-5-6-8-12-16/h4-14,17H2,1-3H3. The third-order valence-corrected chi connectivity index (χ3v) is 4.78. The highest BCUT2D eigenvalue weighted by Crippen LogP contribution is 2.32. The first kappa shape index (κ1) is 17.4. The van der Waals surface area contributed by atoms with Crippen LogP contribution < -0.4 is 5.73 Å². The second-order valence-corrected chi connectivity index (χ2v) is 6.31. The summed E-state index contributed by atoms with van der Waals surface area (Å²) in [6.07, 6.45) is 9.31. The van der Waals surface area contributed by atoms with E-state index in [1.165, 1.54) is 38.5 Å². The normalized spacial score (nSPS) is 18.9. The SMILES string of the molecule is CCN(CCCC(=O)N(C)C)C1(CN)CCCCCC1. The van der Waals surface area contributed by atoms with Crippen molar-refractivity contribution < 1.29 is 4.79 Å². The van der Waals surface area contributed by atoms with Crippen LogP contribution in [0.3, 0.4) is 0 Å². The number of carbonyl (C=O) groups is 1. The van der Waals surface area contributed by atoms with Gasteiger partial charge in [0.15, 0.2) is 0 Å². The molecule has 0 aromatic carbocycles. The summed E-state index contributed by atoms with van der Waals surface area (Å²) in [5, 5.41) is 0. The predicted molar refractivity (Wildman–Crippen MR) is 84.7 cm³/mol. The van der Waals surface area contributed by atoms with Gasteiger partial charge in [0.05, 0.1) is 0 Å². The molecular weight excluding hydrogens is 250 g/mol. The van der Waals surface area contributed by atoms with Gasteiger partial charge in [-0.3, -0.25) is 9.69 Å². The van der Waals surface area contributed by atoms with E-state index in [1.54, 1.807) is 4.90 Å². The summed E-state index contributed by atoms with van der Waals surface area (Å²) in [6, 6.07) is 0. The number of hydrogen-bond acceptors (Lipinski definition) is 3. The maximum Gasteiger partial charge on any atom is 0.222 e. The molecule has 0 unspecified atom stereocenters. The minimum absolute atomic E-state index is 0.187. The smallest absolute Gasteiger partial charge is 0.222 e. The number of amides is 1. The minimum Gasteiger partial charge on any atom is -0.349 e. The maximum atomic E-state index is 11.7. The zero-order valence-electron chi connectivity index (χ0n) is 13.7. The Hall–Kier alpha value is -0.610. The zero-order valence-corrected chi connectivity index (χ0v) is 13.7. The summed E-state index contributed by atoms with van der Waals surface area (Å²) < 4.78 is 0. The minimum atomic E-state index is 0.187. The van der Waals surface area contributed by atoms with Crippen molar-refractivity contribution >= 4 is 5.91 Å². The summed E-state index contributed by atoms with van der Waals surface area (Å²) >= 11 is 0. The van der Waals surface area contributed by atoms with E-state index < -0.39 is 0 Å². The second kappa shape index (κ2) is 8.63. The first-order chi connectivity index (χ1) is 9.55. The predicted octanol–water partition coefficient (Wildman–Crippen LogP) is 2.23. The molecule has 1 aliphatic carbocycles. The van der Waals surface area contributed by atoms with Crippen molar-refractivity contribution in [1.82, 2.24) is 9.80 Å². The van der Waals surface area contributed by atoms with Crippen LogP contribution >= 0.6 is 0 Å². The average molecular weight is 283 g/mol. The van der Waals surface area contributed by atoms with E-state index >= 15 is 0 Å². The highest BCUT2D eigenvalue weighted by atomic mass is 16.2. The van der Waals surface area contributed by atoms with Gasteiger partial charge in [-0.05, 0) is 32.4 Å². The van der Waals surface area contributed by atoms with Crippen molar-refractivity contribution in [3.05, 3.63) is 0 Å². The molecule has 0 atom stereocenters. The highest BCUT2D eigenvalue weighted by molar-refractivity contribution is 5.75. The monoisotopic (exact) mass is 283 g/mol.